The molecule has 14 heavy (non-hydrogen) atoms. The number of hydrogen-bond acceptors (Lipinski definition) is 3. The van der Waals surface area contributed by atoms with Gasteiger partial charge in [-0.25, -0.2) is 4.98 Å². The van der Waals surface area contributed by atoms with E-state index in [0.29, 0.717) is 22.1 Å². The van der Waals surface area contributed by atoms with Crippen molar-refractivity contribution in [2.24, 2.45) is 0 Å². The van der Waals surface area contributed by atoms with Gasteiger partial charge in [0.25, 0.3) is 0 Å². The van der Waals surface area contributed by atoms with Gasteiger partial charge in [-0.1, -0.05) is 11.6 Å². The van der Waals surface area contributed by atoms with Crippen molar-refractivity contribution in [3.63, 3.8) is 0 Å². The van der Waals surface area contributed by atoms with Crippen LogP contribution in [0.1, 0.15) is 18.9 Å². The van der Waals surface area contributed by atoms with E-state index in [1.165, 1.54) is 0 Å². The van der Waals surface area contributed by atoms with Crippen molar-refractivity contribution in [3.05, 3.63) is 23.0 Å². The number of H-pyrrole nitrogens is 1. The van der Waals surface area contributed by atoms with E-state index in [9.17, 15) is 5.11 Å². The predicted octanol–water partition coefficient (Wildman–Crippen LogP) is 1.85. The second-order valence-corrected chi connectivity index (χ2v) is 3.63. The van der Waals surface area contributed by atoms with E-state index in [1.807, 2.05) is 0 Å². The number of nitrogens with zero attached hydrogens (tertiary/aromatic N) is 1. The zero-order valence-corrected chi connectivity index (χ0v) is 8.34. The maximum atomic E-state index is 9.32. The van der Waals surface area contributed by atoms with Gasteiger partial charge < -0.3 is 15.8 Å². The Kier molecular flexibility index (Phi) is 2.09. The summed E-state index contributed by atoms with van der Waals surface area (Å²) in [5.74, 6) is 0.494. The summed E-state index contributed by atoms with van der Waals surface area (Å²) in [5.41, 5.74) is 7.62. The van der Waals surface area contributed by atoms with Crippen molar-refractivity contribution in [2.45, 2.75) is 13.0 Å². The number of aromatic amines is 1. The van der Waals surface area contributed by atoms with E-state index >= 15 is 0 Å². The van der Waals surface area contributed by atoms with E-state index in [4.69, 9.17) is 17.3 Å². The average molecular weight is 212 g/mol. The van der Waals surface area contributed by atoms with Crippen molar-refractivity contribution in [1.82, 2.24) is 9.97 Å². The number of anilines is 1. The molecule has 0 aliphatic rings. The number of halogens is 1. The molecule has 4 nitrogen and oxygen atoms in total. The molecule has 1 unspecified atom stereocenters. The van der Waals surface area contributed by atoms with Crippen molar-refractivity contribution in [3.8, 4) is 0 Å². The molecule has 0 bridgehead atoms. The highest BCUT2D eigenvalue weighted by Crippen LogP contribution is 2.25. The van der Waals surface area contributed by atoms with E-state index in [2.05, 4.69) is 9.97 Å². The molecule has 1 atom stereocenters. The Morgan fingerprint density at radius 1 is 1.57 bits per heavy atom. The number of aliphatic hydroxyl groups excluding tert-OH is 1. The lowest BCUT2D eigenvalue weighted by atomic mass is 10.3. The molecule has 0 radical (unpaired) electrons. The fourth-order valence-electron chi connectivity index (χ4n) is 1.32. The molecular weight excluding hydrogens is 202 g/mol. The van der Waals surface area contributed by atoms with Gasteiger partial charge in [-0.05, 0) is 19.1 Å². The smallest absolute Gasteiger partial charge is 0.136 e. The summed E-state index contributed by atoms with van der Waals surface area (Å²) in [4.78, 5) is 7.11. The number of nitrogen functional groups attached to an aromatic ring is 1. The first-order valence-electron chi connectivity index (χ1n) is 4.20. The lowest BCUT2D eigenvalue weighted by Crippen LogP contribution is -1.92. The molecule has 2 aromatic rings. The number of fused-ring (bicyclic) bond motifs is 1. The van der Waals surface area contributed by atoms with Gasteiger partial charge in [-0.15, -0.1) is 0 Å². The van der Waals surface area contributed by atoms with Crippen molar-refractivity contribution in [2.75, 3.05) is 5.73 Å². The maximum Gasteiger partial charge on any atom is 0.136 e. The molecule has 74 valence electrons. The third-order valence-corrected chi connectivity index (χ3v) is 2.21. The summed E-state index contributed by atoms with van der Waals surface area (Å²) in [7, 11) is 0. The molecule has 0 aliphatic heterocycles. The standard InChI is InChI=1S/C9H10ClN3O/c1-4(14)9-12-7-3-5(10)2-6(11)8(7)13-9/h2-4,14H,11H2,1H3,(H,12,13). The third-order valence-electron chi connectivity index (χ3n) is 1.99. The van der Waals surface area contributed by atoms with Crippen LogP contribution in [0.25, 0.3) is 11.0 Å². The van der Waals surface area contributed by atoms with Crippen LogP contribution in [0, 0.1) is 0 Å². The number of aliphatic hydroxyl groups is 1. The second kappa shape index (κ2) is 3.15. The first kappa shape index (κ1) is 9.30. The molecule has 0 amide bonds. The molecule has 0 saturated heterocycles. The number of hydrogen-bond donors (Lipinski definition) is 3. The van der Waals surface area contributed by atoms with Gasteiger partial charge in [0.15, 0.2) is 0 Å². The number of rotatable bonds is 1. The largest absolute Gasteiger partial charge is 0.397 e. The van der Waals surface area contributed by atoms with Gasteiger partial charge >= 0.3 is 0 Å². The van der Waals surface area contributed by atoms with Crippen molar-refractivity contribution < 1.29 is 5.11 Å². The fraction of sp³-hybridized carbons (Fsp3) is 0.222. The summed E-state index contributed by atoms with van der Waals surface area (Å²) >= 11 is 5.82. The number of nitrogens with one attached hydrogen (secondary N) is 1. The first-order chi connectivity index (χ1) is 6.58. The molecule has 2 rings (SSSR count). The third kappa shape index (κ3) is 1.42. The highest BCUT2D eigenvalue weighted by Gasteiger charge is 2.10. The quantitative estimate of drug-likeness (QED) is 0.631. The summed E-state index contributed by atoms with van der Waals surface area (Å²) in [5, 5.41) is 9.87. The van der Waals surface area contributed by atoms with Gasteiger partial charge in [-0.3, -0.25) is 0 Å². The Bertz CT molecular complexity index is 478. The topological polar surface area (TPSA) is 74.9 Å². The maximum absolute atomic E-state index is 9.32. The van der Waals surface area contributed by atoms with Crippen molar-refractivity contribution in [1.29, 1.82) is 0 Å². The van der Waals surface area contributed by atoms with Gasteiger partial charge in [0.1, 0.15) is 17.4 Å². The minimum absolute atomic E-state index is 0.494. The molecule has 1 heterocycles. The molecule has 5 heteroatoms. The van der Waals surface area contributed by atoms with Gasteiger partial charge in [-0.2, -0.15) is 0 Å². The van der Waals surface area contributed by atoms with Crippen LogP contribution >= 0.6 is 11.6 Å². The molecule has 0 aliphatic carbocycles. The normalized spacial score (nSPS) is 13.4. The molecule has 0 saturated carbocycles. The van der Waals surface area contributed by atoms with E-state index in [1.54, 1.807) is 19.1 Å². The second-order valence-electron chi connectivity index (χ2n) is 3.19. The zero-order valence-electron chi connectivity index (χ0n) is 7.58. The Labute approximate surface area is 85.7 Å². The van der Waals surface area contributed by atoms with Crippen LogP contribution in [-0.4, -0.2) is 15.1 Å². The van der Waals surface area contributed by atoms with Gasteiger partial charge in [0.05, 0.1) is 11.2 Å². The Morgan fingerprint density at radius 2 is 2.29 bits per heavy atom. The first-order valence-corrected chi connectivity index (χ1v) is 4.58. The SMILES string of the molecule is CC(O)c1nc2c(N)cc(Cl)cc2[nH]1. The van der Waals surface area contributed by atoms with Gasteiger partial charge in [0, 0.05) is 5.02 Å². The summed E-state index contributed by atoms with van der Waals surface area (Å²) < 4.78 is 0. The van der Waals surface area contributed by atoms with Crippen LogP contribution in [0.5, 0.6) is 0 Å². The minimum atomic E-state index is -0.638. The molecule has 1 aromatic heterocycles. The molecule has 0 fully saturated rings. The van der Waals surface area contributed by atoms with Gasteiger partial charge in [0.2, 0.25) is 0 Å². The highest BCUT2D eigenvalue weighted by atomic mass is 35.5. The Balaban J connectivity index is 2.70. The molecule has 4 N–H and O–H groups in total. The van der Waals surface area contributed by atoms with Crippen LogP contribution in [0.3, 0.4) is 0 Å². The molecule has 1 aromatic carbocycles. The summed E-state index contributed by atoms with van der Waals surface area (Å²) in [6, 6.07) is 3.36. The van der Waals surface area contributed by atoms with Crippen LogP contribution in [0.4, 0.5) is 5.69 Å². The zero-order chi connectivity index (χ0) is 10.3. The lowest BCUT2D eigenvalue weighted by molar-refractivity contribution is 0.190. The number of benzene rings is 1. The average Bonchev–Trinajstić information content (AvgIpc) is 2.47. The van der Waals surface area contributed by atoms with Crippen LogP contribution in [-0.2, 0) is 0 Å². The lowest BCUT2D eigenvalue weighted by Gasteiger charge is -1.95. The van der Waals surface area contributed by atoms with Crippen molar-refractivity contribution >= 4 is 28.3 Å². The van der Waals surface area contributed by atoms with Crippen LogP contribution < -0.4 is 5.73 Å². The fourth-order valence-corrected chi connectivity index (χ4v) is 1.55. The van der Waals surface area contributed by atoms with Crippen LogP contribution in [0.15, 0.2) is 12.1 Å². The minimum Gasteiger partial charge on any atom is -0.397 e. The molecule has 0 spiro atoms. The predicted molar refractivity (Wildman–Crippen MR) is 56.1 cm³/mol. The van der Waals surface area contributed by atoms with Crippen LogP contribution in [0.2, 0.25) is 5.02 Å². The molecular formula is C9H10ClN3O. The number of nitrogens with two attached hydrogens (primary N) is 1. The monoisotopic (exact) mass is 211 g/mol. The highest BCUT2D eigenvalue weighted by molar-refractivity contribution is 6.31. The Hall–Kier alpha value is -1.26. The number of imidazole rings is 1. The number of aromatic nitrogens is 2. The Morgan fingerprint density at radius 3 is 2.93 bits per heavy atom. The van der Waals surface area contributed by atoms with E-state index in [0.717, 1.165) is 5.52 Å². The summed E-state index contributed by atoms with van der Waals surface area (Å²) in [6.07, 6.45) is -0.638. The summed E-state index contributed by atoms with van der Waals surface area (Å²) in [6.45, 7) is 1.63. The van der Waals surface area contributed by atoms with E-state index in [-0.39, 0.29) is 0 Å². The van der Waals surface area contributed by atoms with E-state index < -0.39 is 6.10 Å².